The van der Waals surface area contributed by atoms with Gasteiger partial charge in [0.15, 0.2) is 0 Å². The number of hydrogen-bond acceptors (Lipinski definition) is 3. The number of aromatic nitrogens is 1. The topological polar surface area (TPSA) is 51.5 Å². The van der Waals surface area contributed by atoms with Crippen LogP contribution in [0.2, 0.25) is 0 Å². The summed E-state index contributed by atoms with van der Waals surface area (Å²) >= 11 is 0. The van der Waals surface area contributed by atoms with Crippen LogP contribution in [0.4, 0.5) is 5.69 Å². The monoisotopic (exact) mass is 298 g/mol. The lowest BCUT2D eigenvalue weighted by molar-refractivity contribution is 0.0971. The van der Waals surface area contributed by atoms with E-state index >= 15 is 0 Å². The third-order valence-electron chi connectivity index (χ3n) is 3.88. The Morgan fingerprint density at radius 3 is 2.68 bits per heavy atom. The first kappa shape index (κ1) is 14.5. The highest BCUT2D eigenvalue weighted by atomic mass is 16.5. The molecule has 0 unspecified atom stereocenters. The lowest BCUT2D eigenvalue weighted by Crippen LogP contribution is -2.41. The quantitative estimate of drug-likeness (QED) is 0.868. The predicted molar refractivity (Wildman–Crippen MR) is 84.2 cm³/mol. The van der Waals surface area contributed by atoms with Crippen LogP contribution in [-0.2, 0) is 11.8 Å². The summed E-state index contributed by atoms with van der Waals surface area (Å²) in [6, 6.07) is 12.6. The first-order valence-electron chi connectivity index (χ1n) is 7.30. The van der Waals surface area contributed by atoms with E-state index in [4.69, 9.17) is 4.74 Å². The van der Waals surface area contributed by atoms with Gasteiger partial charge in [-0.3, -0.25) is 9.59 Å². The van der Waals surface area contributed by atoms with E-state index in [2.05, 4.69) is 0 Å². The third-order valence-corrected chi connectivity index (χ3v) is 3.88. The van der Waals surface area contributed by atoms with Gasteiger partial charge in [-0.15, -0.1) is 0 Å². The maximum Gasteiger partial charge on any atom is 0.258 e. The van der Waals surface area contributed by atoms with E-state index in [0.29, 0.717) is 18.8 Å². The maximum atomic E-state index is 12.9. The van der Waals surface area contributed by atoms with E-state index in [-0.39, 0.29) is 17.5 Å². The van der Waals surface area contributed by atoms with Crippen LogP contribution in [-0.4, -0.2) is 29.7 Å². The Morgan fingerprint density at radius 1 is 1.27 bits per heavy atom. The number of hydrogen-bond donors (Lipinski definition) is 0. The maximum absolute atomic E-state index is 12.9. The van der Waals surface area contributed by atoms with E-state index in [1.807, 2.05) is 30.3 Å². The molecule has 0 radical (unpaired) electrons. The Hall–Kier alpha value is -2.40. The average molecular weight is 298 g/mol. The summed E-state index contributed by atoms with van der Waals surface area (Å²) in [7, 11) is 1.66. The molecular weight excluding hydrogens is 280 g/mol. The van der Waals surface area contributed by atoms with Gasteiger partial charge in [0.25, 0.3) is 11.5 Å². The summed E-state index contributed by atoms with van der Waals surface area (Å²) in [4.78, 5) is 26.4. The number of amides is 1. The first-order valence-corrected chi connectivity index (χ1v) is 7.30. The van der Waals surface area contributed by atoms with Crippen molar-refractivity contribution in [2.75, 3.05) is 18.1 Å². The van der Waals surface area contributed by atoms with Crippen molar-refractivity contribution in [1.82, 2.24) is 4.57 Å². The van der Waals surface area contributed by atoms with Crippen LogP contribution in [0.3, 0.4) is 0 Å². The number of carbonyl (C=O) groups is 1. The van der Waals surface area contributed by atoms with Crippen molar-refractivity contribution in [3.05, 3.63) is 64.6 Å². The number of benzene rings is 1. The number of pyridine rings is 1. The second-order valence-electron chi connectivity index (χ2n) is 5.39. The fourth-order valence-corrected chi connectivity index (χ4v) is 2.63. The summed E-state index contributed by atoms with van der Waals surface area (Å²) in [5, 5.41) is 0. The summed E-state index contributed by atoms with van der Waals surface area (Å²) < 4.78 is 6.88. The molecule has 5 nitrogen and oxygen atoms in total. The minimum Gasteiger partial charge on any atom is -0.379 e. The molecule has 22 heavy (non-hydrogen) atoms. The van der Waals surface area contributed by atoms with Crippen LogP contribution in [0.25, 0.3) is 0 Å². The molecule has 0 saturated carbocycles. The summed E-state index contributed by atoms with van der Waals surface area (Å²) in [5.74, 6) is -0.167. The zero-order chi connectivity index (χ0) is 15.5. The SMILES string of the molecule is Cn1ccc(C(=O)N(c2ccccc2)[C@H]2CCOC2)cc1=O. The summed E-state index contributed by atoms with van der Waals surface area (Å²) in [6.45, 7) is 1.17. The molecule has 114 valence electrons. The largest absolute Gasteiger partial charge is 0.379 e. The fourth-order valence-electron chi connectivity index (χ4n) is 2.63. The van der Waals surface area contributed by atoms with Crippen molar-refractivity contribution in [1.29, 1.82) is 0 Å². The summed E-state index contributed by atoms with van der Waals surface area (Å²) in [6.07, 6.45) is 2.41. The Morgan fingerprint density at radius 2 is 2.05 bits per heavy atom. The van der Waals surface area contributed by atoms with Crippen LogP contribution < -0.4 is 10.5 Å². The van der Waals surface area contributed by atoms with Crippen molar-refractivity contribution in [3.8, 4) is 0 Å². The van der Waals surface area contributed by atoms with Gasteiger partial charge >= 0.3 is 0 Å². The Kier molecular flexibility index (Phi) is 4.06. The van der Waals surface area contributed by atoms with E-state index < -0.39 is 0 Å². The average Bonchev–Trinajstić information content (AvgIpc) is 3.05. The normalized spacial score (nSPS) is 17.4. The number of nitrogens with zero attached hydrogens (tertiary/aromatic N) is 2. The zero-order valence-electron chi connectivity index (χ0n) is 12.4. The zero-order valence-corrected chi connectivity index (χ0v) is 12.4. The van der Waals surface area contributed by atoms with Gasteiger partial charge < -0.3 is 14.2 Å². The van der Waals surface area contributed by atoms with Gasteiger partial charge in [-0.1, -0.05) is 18.2 Å². The van der Waals surface area contributed by atoms with Gasteiger partial charge in [0.05, 0.1) is 12.6 Å². The molecule has 2 aromatic rings. The van der Waals surface area contributed by atoms with Crippen LogP contribution in [0.1, 0.15) is 16.8 Å². The van der Waals surface area contributed by atoms with Gasteiger partial charge in [0, 0.05) is 37.2 Å². The number of anilines is 1. The Labute approximate surface area is 128 Å². The molecule has 0 aliphatic carbocycles. The molecule has 5 heteroatoms. The molecule has 1 aliphatic heterocycles. The predicted octanol–water partition coefficient (Wildman–Crippen LogP) is 1.82. The standard InChI is InChI=1S/C17H18N2O3/c1-18-9-7-13(11-16(18)20)17(21)19(15-8-10-22-12-15)14-5-3-2-4-6-14/h2-7,9,11,15H,8,10,12H2,1H3/t15-/m0/s1. The molecule has 1 atom stereocenters. The van der Waals surface area contributed by atoms with E-state index in [9.17, 15) is 9.59 Å². The highest BCUT2D eigenvalue weighted by Crippen LogP contribution is 2.23. The van der Waals surface area contributed by atoms with Crippen LogP contribution in [0, 0.1) is 0 Å². The van der Waals surface area contributed by atoms with E-state index in [1.54, 1.807) is 24.2 Å². The lowest BCUT2D eigenvalue weighted by Gasteiger charge is -2.28. The number of para-hydroxylation sites is 1. The van der Waals surface area contributed by atoms with Crippen LogP contribution >= 0.6 is 0 Å². The van der Waals surface area contributed by atoms with Gasteiger partial charge in [-0.25, -0.2) is 0 Å². The van der Waals surface area contributed by atoms with Crippen molar-refractivity contribution in [2.24, 2.45) is 7.05 Å². The van der Waals surface area contributed by atoms with Crippen molar-refractivity contribution in [2.45, 2.75) is 12.5 Å². The molecule has 2 heterocycles. The van der Waals surface area contributed by atoms with Gasteiger partial charge in [-0.2, -0.15) is 0 Å². The molecule has 0 bridgehead atoms. The van der Waals surface area contributed by atoms with Crippen molar-refractivity contribution < 1.29 is 9.53 Å². The fraction of sp³-hybridized carbons (Fsp3) is 0.294. The molecule has 1 fully saturated rings. The van der Waals surface area contributed by atoms with Crippen LogP contribution in [0.5, 0.6) is 0 Å². The Balaban J connectivity index is 1.99. The molecule has 1 saturated heterocycles. The van der Waals surface area contributed by atoms with E-state index in [1.165, 1.54) is 10.6 Å². The van der Waals surface area contributed by atoms with Gasteiger partial charge in [-0.05, 0) is 24.6 Å². The van der Waals surface area contributed by atoms with Crippen molar-refractivity contribution >= 4 is 11.6 Å². The molecule has 1 aliphatic rings. The van der Waals surface area contributed by atoms with Crippen molar-refractivity contribution in [3.63, 3.8) is 0 Å². The van der Waals surface area contributed by atoms with Crippen LogP contribution in [0.15, 0.2) is 53.5 Å². The minimum atomic E-state index is -0.193. The summed E-state index contributed by atoms with van der Waals surface area (Å²) in [5.41, 5.74) is 1.03. The highest BCUT2D eigenvalue weighted by Gasteiger charge is 2.29. The third kappa shape index (κ3) is 2.80. The minimum absolute atomic E-state index is 0.000965. The second-order valence-corrected chi connectivity index (χ2v) is 5.39. The molecular formula is C17H18N2O3. The molecule has 1 amide bonds. The molecule has 1 aromatic carbocycles. The van der Waals surface area contributed by atoms with E-state index in [0.717, 1.165) is 12.1 Å². The number of carbonyl (C=O) groups excluding carboxylic acids is 1. The molecule has 1 aromatic heterocycles. The lowest BCUT2D eigenvalue weighted by atomic mass is 10.1. The highest BCUT2D eigenvalue weighted by molar-refractivity contribution is 6.06. The molecule has 3 rings (SSSR count). The number of aryl methyl sites for hydroxylation is 1. The number of ether oxygens (including phenoxy) is 1. The second kappa shape index (κ2) is 6.15. The smallest absolute Gasteiger partial charge is 0.258 e. The van der Waals surface area contributed by atoms with Gasteiger partial charge in [0.2, 0.25) is 0 Å². The molecule has 0 N–H and O–H groups in total. The molecule has 0 spiro atoms. The Bertz CT molecular complexity index is 718. The van der Waals surface area contributed by atoms with Gasteiger partial charge in [0.1, 0.15) is 0 Å². The number of rotatable bonds is 3. The first-order chi connectivity index (χ1) is 10.7.